The molecule has 4 aromatic carbocycles. The molecular weight excluding hydrogens is 774 g/mol. The molecule has 0 spiro atoms. The molecule has 0 N–H and O–H groups in total. The summed E-state index contributed by atoms with van der Waals surface area (Å²) < 4.78 is 1.31. The average Bonchev–Trinajstić information content (AvgIpc) is 3.66. The van der Waals surface area contributed by atoms with E-state index < -0.39 is 0 Å². The molecule has 0 saturated carbocycles. The van der Waals surface area contributed by atoms with Crippen LogP contribution in [0.15, 0.2) is 96.6 Å². The summed E-state index contributed by atoms with van der Waals surface area (Å²) in [6, 6.07) is 31.0. The first kappa shape index (κ1) is 44.4. The molecule has 0 nitrogen and oxygen atoms in total. The maximum absolute atomic E-state index is 5.86. The molecule has 5 heteroatoms. The van der Waals surface area contributed by atoms with E-state index in [1.165, 1.54) is 83.9 Å². The summed E-state index contributed by atoms with van der Waals surface area (Å²) in [6.45, 7) is 22.5. The van der Waals surface area contributed by atoms with Gasteiger partial charge in [-0.2, -0.15) is 35.4 Å². The van der Waals surface area contributed by atoms with E-state index in [0.29, 0.717) is 11.3 Å². The Balaban J connectivity index is 0.000000268. The van der Waals surface area contributed by atoms with Gasteiger partial charge in [-0.15, -0.1) is 11.1 Å². The van der Waals surface area contributed by atoms with Crippen molar-refractivity contribution in [2.45, 2.75) is 92.9 Å². The molecule has 6 rings (SSSR count). The first-order valence-electron chi connectivity index (χ1n) is 17.0. The van der Waals surface area contributed by atoms with Crippen molar-refractivity contribution in [2.24, 2.45) is 11.3 Å². The van der Waals surface area contributed by atoms with Gasteiger partial charge in [-0.3, -0.25) is 6.08 Å². The van der Waals surface area contributed by atoms with E-state index in [-0.39, 0.29) is 35.6 Å². The van der Waals surface area contributed by atoms with Crippen LogP contribution in [0.5, 0.6) is 0 Å². The van der Waals surface area contributed by atoms with E-state index >= 15 is 0 Å². The van der Waals surface area contributed by atoms with Gasteiger partial charge in [0.1, 0.15) is 0 Å². The van der Waals surface area contributed by atoms with Gasteiger partial charge in [0.05, 0.1) is 0 Å². The van der Waals surface area contributed by atoms with Gasteiger partial charge in [-0.1, -0.05) is 111 Å². The van der Waals surface area contributed by atoms with E-state index in [1.54, 1.807) is 0 Å². The molecule has 0 saturated heterocycles. The third kappa shape index (κ3) is 11.9. The predicted octanol–water partition coefficient (Wildman–Crippen LogP) is 7.13. The second kappa shape index (κ2) is 18.3. The van der Waals surface area contributed by atoms with Crippen LogP contribution < -0.4 is 24.8 Å². The number of benzene rings is 4. The van der Waals surface area contributed by atoms with Gasteiger partial charge in [0.15, 0.2) is 0 Å². The SMILES string of the molecule is CC(C)(C)c1[c-]c2c(cc1)-c1ccc(C(C)(C)C)cc1C2.CCC1[C-]=CC(C(C)(C)C)=C1.Clc1ccc([C](=[Zr+2])c2ccc(Cl)cc2)cc1.[Cl-].[Cl-]. The van der Waals surface area contributed by atoms with E-state index in [2.05, 4.69) is 124 Å². The van der Waals surface area contributed by atoms with Crippen LogP contribution in [0.4, 0.5) is 0 Å². The summed E-state index contributed by atoms with van der Waals surface area (Å²) >= 11 is 13.1. The minimum Gasteiger partial charge on any atom is -1.00 e. The minimum absolute atomic E-state index is 0. The van der Waals surface area contributed by atoms with Crippen molar-refractivity contribution in [3.05, 3.63) is 152 Å². The summed E-state index contributed by atoms with van der Waals surface area (Å²) in [4.78, 5) is 0. The molecule has 0 aliphatic heterocycles. The van der Waals surface area contributed by atoms with E-state index in [9.17, 15) is 0 Å². The van der Waals surface area contributed by atoms with E-state index in [1.807, 2.05) is 48.5 Å². The van der Waals surface area contributed by atoms with Crippen molar-refractivity contribution in [1.29, 1.82) is 0 Å². The molecule has 0 fully saturated rings. The maximum Gasteiger partial charge on any atom is -1.00 e. The monoisotopic (exact) mass is 820 g/mol. The van der Waals surface area contributed by atoms with Crippen molar-refractivity contribution in [3.8, 4) is 11.1 Å². The minimum atomic E-state index is 0. The smallest absolute Gasteiger partial charge is 1.00 e. The Morgan fingerprint density at radius 2 is 1.22 bits per heavy atom. The van der Waals surface area contributed by atoms with Gasteiger partial charge < -0.3 is 24.8 Å². The van der Waals surface area contributed by atoms with Crippen molar-refractivity contribution in [2.75, 3.05) is 0 Å². The van der Waals surface area contributed by atoms with Crippen LogP contribution in [0.1, 0.15) is 109 Å². The first-order chi connectivity index (χ1) is 22.4. The zero-order valence-electron chi connectivity index (χ0n) is 31.2. The van der Waals surface area contributed by atoms with Crippen LogP contribution in [0.3, 0.4) is 0 Å². The van der Waals surface area contributed by atoms with Gasteiger partial charge in [-0.25, -0.2) is 6.08 Å². The third-order valence-electron chi connectivity index (χ3n) is 8.87. The van der Waals surface area contributed by atoms with Gasteiger partial charge >= 0.3 is 120 Å². The van der Waals surface area contributed by atoms with Crippen LogP contribution in [0.25, 0.3) is 11.1 Å². The van der Waals surface area contributed by atoms with E-state index in [0.717, 1.165) is 16.5 Å². The molecule has 2 aliphatic carbocycles. The molecule has 0 radical (unpaired) electrons. The average molecular weight is 824 g/mol. The topological polar surface area (TPSA) is 0 Å². The fraction of sp³-hybridized carbons (Fsp3) is 0.356. The molecule has 1 unspecified atom stereocenters. The number of rotatable bonds is 3. The Bertz CT molecular complexity index is 1680. The summed E-state index contributed by atoms with van der Waals surface area (Å²) in [6.07, 6.45) is 10.0. The van der Waals surface area contributed by atoms with Gasteiger partial charge in [0.2, 0.25) is 0 Å². The Kier molecular flexibility index (Phi) is 16.3. The summed E-state index contributed by atoms with van der Waals surface area (Å²) in [7, 11) is 0. The second-order valence-corrected chi connectivity index (χ2v) is 18.0. The Labute approximate surface area is 340 Å². The standard InChI is InChI=1S/C21H25.C13H8Cl2.C11H17.2ClH.Zr/c1-20(2,3)16-7-9-18-14(12-16)11-15-13-17(21(4,5)6)8-10-19(15)18;14-12-5-1-10(2-6-12)9-11-3-7-13(15)8-4-11;1-5-9-6-7-10(8-9)11(2,3)4;;;/h7-10,12H,11H2,1-6H3;1-8H;7-9H,5H2,1-4H3;2*1H;/q-1;;-1;;;+2/p-2. The number of fused-ring (bicyclic) bond motifs is 3. The van der Waals surface area contributed by atoms with E-state index in [4.69, 9.17) is 23.2 Å². The molecule has 1 atom stereocenters. The fourth-order valence-electron chi connectivity index (χ4n) is 5.64. The zero-order chi connectivity index (χ0) is 35.4. The normalized spacial score (nSPS) is 14.4. The summed E-state index contributed by atoms with van der Waals surface area (Å²) in [5, 5.41) is 1.53. The van der Waals surface area contributed by atoms with Gasteiger partial charge in [0.25, 0.3) is 0 Å². The molecule has 0 heterocycles. The van der Waals surface area contributed by atoms with Crippen LogP contribution >= 0.6 is 23.2 Å². The Morgan fingerprint density at radius 1 is 0.700 bits per heavy atom. The number of hydrogen-bond acceptors (Lipinski definition) is 0. The molecule has 0 amide bonds. The third-order valence-corrected chi connectivity index (χ3v) is 10.8. The molecule has 0 aromatic heterocycles. The summed E-state index contributed by atoms with van der Waals surface area (Å²) in [5.41, 5.74) is 12.9. The number of hydrogen-bond donors (Lipinski definition) is 0. The van der Waals surface area contributed by atoms with Crippen LogP contribution in [0, 0.1) is 23.5 Å². The zero-order valence-corrected chi connectivity index (χ0v) is 36.6. The maximum atomic E-state index is 5.86. The molecular formula is C45H50Cl4Zr-2. The van der Waals surface area contributed by atoms with Crippen LogP contribution in [0.2, 0.25) is 10.0 Å². The van der Waals surface area contributed by atoms with Crippen LogP contribution in [-0.4, -0.2) is 3.21 Å². The van der Waals surface area contributed by atoms with Crippen molar-refractivity contribution in [3.63, 3.8) is 0 Å². The Morgan fingerprint density at radius 3 is 1.64 bits per heavy atom. The van der Waals surface area contributed by atoms with Crippen molar-refractivity contribution >= 4 is 26.4 Å². The largest absolute Gasteiger partial charge is 1.00 e. The molecule has 0 bridgehead atoms. The molecule has 50 heavy (non-hydrogen) atoms. The molecule has 264 valence electrons. The number of allylic oxidation sites excluding steroid dienone is 4. The van der Waals surface area contributed by atoms with Crippen molar-refractivity contribution < 1.29 is 49.0 Å². The Hall–Kier alpha value is -1.73. The van der Waals surface area contributed by atoms with Crippen molar-refractivity contribution in [1.82, 2.24) is 0 Å². The molecule has 2 aliphatic rings. The van der Waals surface area contributed by atoms with Gasteiger partial charge in [-0.05, 0) is 28.4 Å². The number of halogens is 4. The summed E-state index contributed by atoms with van der Waals surface area (Å²) in [5.74, 6) is 0.573. The second-order valence-electron chi connectivity index (χ2n) is 15.9. The quantitative estimate of drug-likeness (QED) is 0.170. The fourth-order valence-corrected chi connectivity index (χ4v) is 6.71. The first-order valence-corrected chi connectivity index (χ1v) is 19.0. The van der Waals surface area contributed by atoms with Gasteiger partial charge in [0, 0.05) is 0 Å². The predicted molar refractivity (Wildman–Crippen MR) is 206 cm³/mol. The van der Waals surface area contributed by atoms with Crippen LogP contribution in [-0.2, 0) is 41.5 Å². The molecule has 4 aromatic rings.